The van der Waals surface area contributed by atoms with Crippen LogP contribution < -0.4 is 10.8 Å². The van der Waals surface area contributed by atoms with E-state index in [1.54, 1.807) is 0 Å². The van der Waals surface area contributed by atoms with Gasteiger partial charge in [0, 0.05) is 13.2 Å². The minimum atomic E-state index is -1.14. The number of ether oxygens (including phenoxy) is 1. The summed E-state index contributed by atoms with van der Waals surface area (Å²) >= 11 is 0. The molecule has 0 radical (unpaired) electrons. The van der Waals surface area contributed by atoms with E-state index in [9.17, 15) is 9.59 Å². The number of carbonyl (C=O) groups excluding carboxylic acids is 1. The molecule has 0 aliphatic carbocycles. The molecule has 0 aromatic carbocycles. The number of hydrogen-bond donors (Lipinski definition) is 3. The van der Waals surface area contributed by atoms with Crippen LogP contribution in [0.5, 0.6) is 0 Å². The van der Waals surface area contributed by atoms with Crippen LogP contribution in [0.3, 0.4) is 0 Å². The van der Waals surface area contributed by atoms with Crippen LogP contribution in [-0.2, 0) is 14.4 Å². The first kappa shape index (κ1) is 11.7. The van der Waals surface area contributed by atoms with Gasteiger partial charge in [0.15, 0.2) is 6.61 Å². The quantitative estimate of drug-likeness (QED) is 0.539. The molecule has 1 heterocycles. The summed E-state index contributed by atoms with van der Waals surface area (Å²) < 4.78 is 5.27. The van der Waals surface area contributed by atoms with Gasteiger partial charge in [-0.2, -0.15) is 0 Å². The van der Waals surface area contributed by atoms with Gasteiger partial charge >= 0.3 is 12.0 Å². The van der Waals surface area contributed by atoms with Crippen molar-refractivity contribution in [3.63, 3.8) is 0 Å². The summed E-state index contributed by atoms with van der Waals surface area (Å²) in [5, 5.41) is 10.7. The average molecular weight is 218 g/mol. The van der Waals surface area contributed by atoms with E-state index in [4.69, 9.17) is 9.84 Å². The van der Waals surface area contributed by atoms with Gasteiger partial charge in [-0.05, 0) is 12.8 Å². The fourth-order valence-electron chi connectivity index (χ4n) is 1.21. The van der Waals surface area contributed by atoms with E-state index in [-0.39, 0.29) is 6.10 Å². The first-order valence-electron chi connectivity index (χ1n) is 4.67. The highest BCUT2D eigenvalue weighted by molar-refractivity contribution is 5.73. The van der Waals surface area contributed by atoms with E-state index in [1.807, 2.05) is 5.48 Å². The number of carboxylic acids is 1. The van der Waals surface area contributed by atoms with Crippen molar-refractivity contribution in [3.05, 3.63) is 0 Å². The molecule has 0 spiro atoms. The molecular formula is C8H14N2O5. The predicted molar refractivity (Wildman–Crippen MR) is 49.1 cm³/mol. The normalized spacial score (nSPS) is 19.9. The maximum Gasteiger partial charge on any atom is 0.338 e. The zero-order valence-corrected chi connectivity index (χ0v) is 8.19. The lowest BCUT2D eigenvalue weighted by molar-refractivity contribution is -0.144. The number of urea groups is 1. The maximum absolute atomic E-state index is 11.0. The minimum Gasteiger partial charge on any atom is -0.479 e. The standard InChI is InChI=1S/C8H14N2O5/c11-7(12)5-15-10-8(13)9-4-6-2-1-3-14-6/h6H,1-5H2,(H,11,12)(H2,9,10,13). The molecule has 15 heavy (non-hydrogen) atoms. The first-order valence-corrected chi connectivity index (χ1v) is 4.67. The third-order valence-corrected chi connectivity index (χ3v) is 1.87. The third-order valence-electron chi connectivity index (χ3n) is 1.87. The molecule has 1 rings (SSSR count). The summed E-state index contributed by atoms with van der Waals surface area (Å²) in [6.45, 7) is 0.569. The second-order valence-corrected chi connectivity index (χ2v) is 3.13. The molecule has 86 valence electrons. The van der Waals surface area contributed by atoms with E-state index in [0.29, 0.717) is 6.54 Å². The first-order chi connectivity index (χ1) is 7.18. The fraction of sp³-hybridized carbons (Fsp3) is 0.750. The minimum absolute atomic E-state index is 0.0511. The fourth-order valence-corrected chi connectivity index (χ4v) is 1.21. The summed E-state index contributed by atoms with van der Waals surface area (Å²) in [5.41, 5.74) is 1.95. The lowest BCUT2D eigenvalue weighted by Crippen LogP contribution is -2.40. The molecule has 0 bridgehead atoms. The Balaban J connectivity index is 2.00. The van der Waals surface area contributed by atoms with E-state index in [0.717, 1.165) is 19.4 Å². The highest BCUT2D eigenvalue weighted by atomic mass is 16.7. The van der Waals surface area contributed by atoms with Gasteiger partial charge in [-0.1, -0.05) is 0 Å². The molecule has 7 heteroatoms. The summed E-state index contributed by atoms with van der Waals surface area (Å²) in [4.78, 5) is 25.4. The molecule has 1 unspecified atom stereocenters. The maximum atomic E-state index is 11.0. The van der Waals surface area contributed by atoms with Crippen LogP contribution in [0, 0.1) is 0 Å². The lowest BCUT2D eigenvalue weighted by Gasteiger charge is -2.10. The number of carboxylic acid groups (broad SMARTS) is 1. The van der Waals surface area contributed by atoms with Gasteiger partial charge < -0.3 is 15.2 Å². The van der Waals surface area contributed by atoms with Gasteiger partial charge in [0.05, 0.1) is 6.10 Å². The third kappa shape index (κ3) is 5.18. The zero-order valence-electron chi connectivity index (χ0n) is 8.19. The Labute approximate surface area is 86.7 Å². The number of aliphatic carboxylic acids is 1. The van der Waals surface area contributed by atoms with Crippen molar-refractivity contribution in [1.29, 1.82) is 0 Å². The van der Waals surface area contributed by atoms with Gasteiger partial charge in [-0.3, -0.25) is 4.84 Å². The molecule has 2 amide bonds. The van der Waals surface area contributed by atoms with Crippen LogP contribution in [0.25, 0.3) is 0 Å². The van der Waals surface area contributed by atoms with Crippen molar-refractivity contribution in [2.24, 2.45) is 0 Å². The number of amides is 2. The summed E-state index contributed by atoms with van der Waals surface area (Å²) in [6, 6.07) is -0.563. The molecular weight excluding hydrogens is 204 g/mol. The average Bonchev–Trinajstić information content (AvgIpc) is 2.66. The highest BCUT2D eigenvalue weighted by Gasteiger charge is 2.15. The summed E-state index contributed by atoms with van der Waals surface area (Å²) in [6.07, 6.45) is 1.98. The van der Waals surface area contributed by atoms with Crippen LogP contribution >= 0.6 is 0 Å². The monoisotopic (exact) mass is 218 g/mol. The Morgan fingerprint density at radius 3 is 2.93 bits per heavy atom. The van der Waals surface area contributed by atoms with Crippen molar-refractivity contribution in [1.82, 2.24) is 10.8 Å². The number of hydrogen-bond acceptors (Lipinski definition) is 4. The molecule has 0 aromatic rings. The Bertz CT molecular complexity index is 227. The van der Waals surface area contributed by atoms with Crippen LogP contribution in [0.2, 0.25) is 0 Å². The van der Waals surface area contributed by atoms with Crippen LogP contribution in [0.4, 0.5) is 4.79 Å². The lowest BCUT2D eigenvalue weighted by atomic mass is 10.2. The largest absolute Gasteiger partial charge is 0.479 e. The summed E-state index contributed by atoms with van der Waals surface area (Å²) in [7, 11) is 0. The molecule has 1 aliphatic rings. The molecule has 1 aliphatic heterocycles. The molecule has 0 saturated carbocycles. The van der Waals surface area contributed by atoms with Crippen molar-refractivity contribution in [2.45, 2.75) is 18.9 Å². The van der Waals surface area contributed by atoms with E-state index in [2.05, 4.69) is 10.2 Å². The predicted octanol–water partition coefficient (Wildman–Crippen LogP) is -0.519. The Morgan fingerprint density at radius 2 is 2.33 bits per heavy atom. The van der Waals surface area contributed by atoms with Gasteiger partial charge in [0.25, 0.3) is 0 Å². The molecule has 7 nitrogen and oxygen atoms in total. The molecule has 1 fully saturated rings. The molecule has 3 N–H and O–H groups in total. The number of rotatable bonds is 5. The van der Waals surface area contributed by atoms with Gasteiger partial charge in [-0.15, -0.1) is 0 Å². The Morgan fingerprint density at radius 1 is 1.53 bits per heavy atom. The van der Waals surface area contributed by atoms with E-state index >= 15 is 0 Å². The SMILES string of the molecule is O=C(O)CONC(=O)NCC1CCCO1. The van der Waals surface area contributed by atoms with Crippen LogP contribution in [0.1, 0.15) is 12.8 Å². The van der Waals surface area contributed by atoms with Gasteiger partial charge in [0.2, 0.25) is 0 Å². The topological polar surface area (TPSA) is 96.9 Å². The van der Waals surface area contributed by atoms with E-state index < -0.39 is 18.6 Å². The van der Waals surface area contributed by atoms with Crippen LogP contribution in [-0.4, -0.2) is 43.0 Å². The van der Waals surface area contributed by atoms with Crippen molar-refractivity contribution in [3.8, 4) is 0 Å². The highest BCUT2D eigenvalue weighted by Crippen LogP contribution is 2.10. The second-order valence-electron chi connectivity index (χ2n) is 3.13. The molecule has 0 aromatic heterocycles. The van der Waals surface area contributed by atoms with Crippen molar-refractivity contribution in [2.75, 3.05) is 19.8 Å². The number of hydroxylamine groups is 1. The Hall–Kier alpha value is -1.34. The second kappa shape index (κ2) is 6.20. The zero-order chi connectivity index (χ0) is 11.1. The number of carbonyl (C=O) groups is 2. The molecule has 1 saturated heterocycles. The number of nitrogens with one attached hydrogen (secondary N) is 2. The van der Waals surface area contributed by atoms with Crippen LogP contribution in [0.15, 0.2) is 0 Å². The smallest absolute Gasteiger partial charge is 0.338 e. The van der Waals surface area contributed by atoms with E-state index in [1.165, 1.54) is 0 Å². The van der Waals surface area contributed by atoms with Gasteiger partial charge in [0.1, 0.15) is 0 Å². The Kier molecular flexibility index (Phi) is 4.85. The van der Waals surface area contributed by atoms with Crippen molar-refractivity contribution < 1.29 is 24.3 Å². The summed E-state index contributed by atoms with van der Waals surface area (Å²) in [5.74, 6) is -1.14. The molecule has 1 atom stereocenters. The van der Waals surface area contributed by atoms with Crippen molar-refractivity contribution >= 4 is 12.0 Å². The van der Waals surface area contributed by atoms with Gasteiger partial charge in [-0.25, -0.2) is 15.1 Å².